The van der Waals surface area contributed by atoms with Crippen LogP contribution in [0.1, 0.15) is 53.4 Å². The molecule has 0 saturated carbocycles. The summed E-state index contributed by atoms with van der Waals surface area (Å²) in [5.74, 6) is 2.35. The van der Waals surface area contributed by atoms with Crippen LogP contribution in [0.25, 0.3) is 0 Å². The Morgan fingerprint density at radius 3 is 2.48 bits per heavy atom. The van der Waals surface area contributed by atoms with Gasteiger partial charge in [-0.1, -0.05) is 26.7 Å². The topological polar surface area (TPSA) is 70.6 Å². The number of guanidine groups is 1. The fraction of sp³-hybridized carbons (Fsp3) is 0.938. The minimum Gasteiger partial charge on any atom is -0.357 e. The monoisotopic (exact) mass is 459 g/mol. The molecule has 2 unspecified atom stereocenters. The summed E-state index contributed by atoms with van der Waals surface area (Å²) in [6.45, 7) is 10.1. The van der Waals surface area contributed by atoms with Crippen molar-refractivity contribution >= 4 is 39.8 Å². The van der Waals surface area contributed by atoms with Gasteiger partial charge in [0.25, 0.3) is 0 Å². The van der Waals surface area contributed by atoms with Crippen molar-refractivity contribution in [2.45, 2.75) is 59.4 Å². The lowest BCUT2D eigenvalue weighted by atomic mass is 10.0. The first-order valence-corrected chi connectivity index (χ1v) is 10.4. The molecule has 0 aromatic heterocycles. The fourth-order valence-corrected chi connectivity index (χ4v) is 4.54. The molecule has 23 heavy (non-hydrogen) atoms. The van der Waals surface area contributed by atoms with Crippen molar-refractivity contribution in [3.8, 4) is 0 Å². The third kappa shape index (κ3) is 10.4. The molecule has 7 heteroatoms. The number of sulfone groups is 1. The van der Waals surface area contributed by atoms with Gasteiger partial charge in [-0.15, -0.1) is 24.0 Å². The summed E-state index contributed by atoms with van der Waals surface area (Å²) in [4.78, 5) is 4.57. The highest BCUT2D eigenvalue weighted by Crippen LogP contribution is 2.18. The van der Waals surface area contributed by atoms with E-state index in [1.54, 1.807) is 0 Å². The first kappa shape index (κ1) is 22.9. The van der Waals surface area contributed by atoms with Crippen molar-refractivity contribution in [2.75, 3.05) is 24.6 Å². The molecule has 0 aliphatic carbocycles. The average Bonchev–Trinajstić information content (AvgIpc) is 2.75. The molecule has 0 aromatic carbocycles. The Hall–Kier alpha value is -0.0500. The largest absolute Gasteiger partial charge is 0.357 e. The van der Waals surface area contributed by atoms with E-state index in [0.29, 0.717) is 24.1 Å². The van der Waals surface area contributed by atoms with Crippen molar-refractivity contribution in [2.24, 2.45) is 16.8 Å². The van der Waals surface area contributed by atoms with Gasteiger partial charge >= 0.3 is 0 Å². The minimum atomic E-state index is -2.81. The second kappa shape index (κ2) is 11.5. The molecule has 2 atom stereocenters. The maximum atomic E-state index is 11.5. The van der Waals surface area contributed by atoms with Crippen LogP contribution in [0.5, 0.6) is 0 Å². The lowest BCUT2D eigenvalue weighted by Crippen LogP contribution is -2.42. The zero-order chi connectivity index (χ0) is 16.6. The summed E-state index contributed by atoms with van der Waals surface area (Å²) in [6, 6.07) is 0.379. The number of rotatable bonds is 8. The second-order valence-electron chi connectivity index (χ2n) is 6.86. The molecule has 1 saturated heterocycles. The van der Waals surface area contributed by atoms with E-state index in [9.17, 15) is 8.42 Å². The molecule has 1 heterocycles. The van der Waals surface area contributed by atoms with Crippen LogP contribution in [-0.4, -0.2) is 45.0 Å². The summed E-state index contributed by atoms with van der Waals surface area (Å²) in [7, 11) is -2.81. The normalized spacial score (nSPS) is 21.8. The van der Waals surface area contributed by atoms with Crippen molar-refractivity contribution in [3.05, 3.63) is 0 Å². The van der Waals surface area contributed by atoms with E-state index >= 15 is 0 Å². The average molecular weight is 459 g/mol. The third-order valence-corrected chi connectivity index (χ3v) is 5.82. The first-order chi connectivity index (χ1) is 10.3. The lowest BCUT2D eigenvalue weighted by molar-refractivity contribution is 0.490. The molecule has 0 spiro atoms. The molecule has 5 nitrogen and oxygen atoms in total. The Morgan fingerprint density at radius 2 is 1.96 bits per heavy atom. The van der Waals surface area contributed by atoms with Crippen LogP contribution in [0.3, 0.4) is 0 Å². The van der Waals surface area contributed by atoms with Crippen molar-refractivity contribution in [1.82, 2.24) is 10.6 Å². The van der Waals surface area contributed by atoms with Gasteiger partial charge in [-0.3, -0.25) is 4.99 Å². The van der Waals surface area contributed by atoms with Gasteiger partial charge in [-0.25, -0.2) is 8.42 Å². The molecule has 1 aliphatic rings. The van der Waals surface area contributed by atoms with E-state index in [4.69, 9.17) is 0 Å². The SMILES string of the molecule is CCNC(=NCC1CCS(=O)(=O)C1)NC(C)CCCC(C)C.I. The molecule has 1 fully saturated rings. The summed E-state index contributed by atoms with van der Waals surface area (Å²) in [6.07, 6.45) is 4.33. The van der Waals surface area contributed by atoms with Gasteiger partial charge in [0.15, 0.2) is 15.8 Å². The number of halogens is 1. The Balaban J connectivity index is 0.00000484. The molecular weight excluding hydrogens is 425 g/mol. The van der Waals surface area contributed by atoms with Gasteiger partial charge in [0, 0.05) is 19.1 Å². The van der Waals surface area contributed by atoms with Crippen LogP contribution >= 0.6 is 24.0 Å². The van der Waals surface area contributed by atoms with Crippen molar-refractivity contribution in [1.29, 1.82) is 0 Å². The molecule has 0 bridgehead atoms. The first-order valence-electron chi connectivity index (χ1n) is 8.57. The van der Waals surface area contributed by atoms with E-state index < -0.39 is 9.84 Å². The number of hydrogen-bond donors (Lipinski definition) is 2. The lowest BCUT2D eigenvalue weighted by Gasteiger charge is -2.18. The smallest absolute Gasteiger partial charge is 0.191 e. The molecule has 0 radical (unpaired) electrons. The fourth-order valence-electron chi connectivity index (χ4n) is 2.69. The van der Waals surface area contributed by atoms with Crippen LogP contribution in [-0.2, 0) is 9.84 Å². The van der Waals surface area contributed by atoms with E-state index in [1.807, 2.05) is 6.92 Å². The summed E-state index contributed by atoms with van der Waals surface area (Å²) < 4.78 is 23.0. The van der Waals surface area contributed by atoms with Crippen LogP contribution in [0, 0.1) is 11.8 Å². The van der Waals surface area contributed by atoms with Crippen LogP contribution in [0.2, 0.25) is 0 Å². The number of nitrogens with one attached hydrogen (secondary N) is 2. The summed E-state index contributed by atoms with van der Waals surface area (Å²) in [5.41, 5.74) is 0. The van der Waals surface area contributed by atoms with Gasteiger partial charge in [0.1, 0.15) is 0 Å². The maximum absolute atomic E-state index is 11.5. The molecule has 2 N–H and O–H groups in total. The van der Waals surface area contributed by atoms with Gasteiger partial charge < -0.3 is 10.6 Å². The molecule has 138 valence electrons. The van der Waals surface area contributed by atoms with Crippen molar-refractivity contribution < 1.29 is 8.42 Å². The van der Waals surface area contributed by atoms with Gasteiger partial charge in [-0.05, 0) is 38.5 Å². The van der Waals surface area contributed by atoms with E-state index in [0.717, 1.165) is 31.3 Å². The van der Waals surface area contributed by atoms with E-state index in [-0.39, 0.29) is 29.9 Å². The van der Waals surface area contributed by atoms with Crippen LogP contribution in [0.4, 0.5) is 0 Å². The summed E-state index contributed by atoms with van der Waals surface area (Å²) in [5, 5.41) is 6.67. The predicted octanol–water partition coefficient (Wildman–Crippen LogP) is 2.81. The quantitative estimate of drug-likeness (QED) is 0.333. The zero-order valence-electron chi connectivity index (χ0n) is 15.0. The van der Waals surface area contributed by atoms with Crippen LogP contribution in [0.15, 0.2) is 4.99 Å². The molecule has 1 rings (SSSR count). The standard InChI is InChI=1S/C16H33N3O2S.HI/c1-5-17-16(19-14(4)8-6-7-13(2)3)18-11-15-9-10-22(20,21)12-15;/h13-15H,5-12H2,1-4H3,(H2,17,18,19);1H. The molecular formula is C16H34IN3O2S. The van der Waals surface area contributed by atoms with Crippen molar-refractivity contribution in [3.63, 3.8) is 0 Å². The number of nitrogens with zero attached hydrogens (tertiary/aromatic N) is 1. The van der Waals surface area contributed by atoms with E-state index in [1.165, 1.54) is 12.8 Å². The highest BCUT2D eigenvalue weighted by atomic mass is 127. The zero-order valence-corrected chi connectivity index (χ0v) is 18.1. The molecule has 0 amide bonds. The maximum Gasteiger partial charge on any atom is 0.191 e. The second-order valence-corrected chi connectivity index (χ2v) is 9.09. The Bertz CT molecular complexity index is 452. The highest BCUT2D eigenvalue weighted by molar-refractivity contribution is 14.0. The molecule has 0 aromatic rings. The highest BCUT2D eigenvalue weighted by Gasteiger charge is 2.27. The Morgan fingerprint density at radius 1 is 1.26 bits per heavy atom. The van der Waals surface area contributed by atoms with Crippen LogP contribution < -0.4 is 10.6 Å². The van der Waals surface area contributed by atoms with Gasteiger partial charge in [0.2, 0.25) is 0 Å². The third-order valence-electron chi connectivity index (χ3n) is 3.98. The minimum absolute atomic E-state index is 0. The Labute approximate surface area is 159 Å². The van der Waals surface area contributed by atoms with E-state index in [2.05, 4.69) is 36.4 Å². The van der Waals surface area contributed by atoms with Gasteiger partial charge in [0.05, 0.1) is 11.5 Å². The summed E-state index contributed by atoms with van der Waals surface area (Å²) >= 11 is 0. The number of hydrogen-bond acceptors (Lipinski definition) is 3. The Kier molecular flexibility index (Phi) is 11.5. The molecule has 1 aliphatic heterocycles. The predicted molar refractivity (Wildman–Crippen MR) is 109 cm³/mol. The number of aliphatic imine (C=N–C) groups is 1. The van der Waals surface area contributed by atoms with Gasteiger partial charge in [-0.2, -0.15) is 0 Å².